The second kappa shape index (κ2) is 5.01. The van der Waals surface area contributed by atoms with E-state index in [0.29, 0.717) is 12.6 Å². The number of rotatable bonds is 4. The number of benzene rings is 1. The van der Waals surface area contributed by atoms with E-state index in [1.165, 1.54) is 0 Å². The van der Waals surface area contributed by atoms with Crippen LogP contribution in [-0.2, 0) is 11.3 Å². The molecular formula is C13H17NO2. The summed E-state index contributed by atoms with van der Waals surface area (Å²) in [5.41, 5.74) is 1.03. The molecule has 0 saturated carbocycles. The minimum atomic E-state index is -0.178. The molecule has 0 aliphatic carbocycles. The fraction of sp³-hybridized carbons (Fsp3) is 0.462. The highest BCUT2D eigenvalue weighted by Crippen LogP contribution is 2.23. The van der Waals surface area contributed by atoms with Crippen molar-refractivity contribution in [2.75, 3.05) is 6.54 Å². The minimum absolute atomic E-state index is 0.178. The van der Waals surface area contributed by atoms with Gasteiger partial charge < -0.3 is 9.64 Å². The molecule has 2 rings (SSSR count). The largest absolute Gasteiger partial charge is 0.445 e. The van der Waals surface area contributed by atoms with Crippen molar-refractivity contribution in [2.45, 2.75) is 32.4 Å². The molecule has 1 aromatic rings. The van der Waals surface area contributed by atoms with Gasteiger partial charge in [0.15, 0.2) is 0 Å². The van der Waals surface area contributed by atoms with Gasteiger partial charge in [-0.2, -0.15) is 0 Å². The van der Waals surface area contributed by atoms with E-state index in [1.807, 2.05) is 30.3 Å². The number of ether oxygens (including phenoxy) is 1. The molecule has 1 aromatic carbocycles. The Morgan fingerprint density at radius 1 is 1.44 bits per heavy atom. The summed E-state index contributed by atoms with van der Waals surface area (Å²) in [4.78, 5) is 13.4. The first-order valence-electron chi connectivity index (χ1n) is 5.78. The molecule has 1 amide bonds. The van der Waals surface area contributed by atoms with E-state index in [0.717, 1.165) is 24.9 Å². The van der Waals surface area contributed by atoms with Crippen LogP contribution in [0.4, 0.5) is 4.79 Å². The lowest BCUT2D eigenvalue weighted by Gasteiger charge is -2.06. The van der Waals surface area contributed by atoms with E-state index in [4.69, 9.17) is 4.74 Å². The third kappa shape index (κ3) is 2.75. The Morgan fingerprint density at radius 2 is 2.19 bits per heavy atom. The maximum absolute atomic E-state index is 11.6. The molecule has 3 nitrogen and oxygen atoms in total. The Morgan fingerprint density at radius 3 is 2.88 bits per heavy atom. The van der Waals surface area contributed by atoms with E-state index in [1.54, 1.807) is 4.90 Å². The van der Waals surface area contributed by atoms with Crippen LogP contribution in [0.5, 0.6) is 0 Å². The molecule has 1 heterocycles. The van der Waals surface area contributed by atoms with Crippen molar-refractivity contribution in [1.82, 2.24) is 4.90 Å². The SMILES string of the molecule is CCC[C@@H]1CN1C(=O)OCc1ccccc1. The Bertz CT molecular complexity index is 350. The molecule has 0 bridgehead atoms. The molecule has 1 aliphatic rings. The number of carbonyl (C=O) groups excluding carboxylic acids is 1. The van der Waals surface area contributed by atoms with Crippen molar-refractivity contribution in [3.05, 3.63) is 35.9 Å². The maximum Gasteiger partial charge on any atom is 0.410 e. The Labute approximate surface area is 96.0 Å². The Kier molecular flexibility index (Phi) is 3.44. The first-order chi connectivity index (χ1) is 7.81. The van der Waals surface area contributed by atoms with Gasteiger partial charge in [-0.25, -0.2) is 4.79 Å². The van der Waals surface area contributed by atoms with Crippen molar-refractivity contribution in [1.29, 1.82) is 0 Å². The molecule has 0 unspecified atom stereocenters. The number of hydrogen-bond donors (Lipinski definition) is 0. The highest BCUT2D eigenvalue weighted by atomic mass is 16.6. The van der Waals surface area contributed by atoms with E-state index in [9.17, 15) is 4.79 Å². The van der Waals surface area contributed by atoms with Gasteiger partial charge >= 0.3 is 6.09 Å². The van der Waals surface area contributed by atoms with Gasteiger partial charge in [-0.3, -0.25) is 0 Å². The molecule has 0 N–H and O–H groups in total. The molecule has 1 fully saturated rings. The summed E-state index contributed by atoms with van der Waals surface area (Å²) in [6.07, 6.45) is 2.02. The predicted molar refractivity (Wildman–Crippen MR) is 62.0 cm³/mol. The van der Waals surface area contributed by atoms with Gasteiger partial charge in [0.25, 0.3) is 0 Å². The van der Waals surface area contributed by atoms with Crippen molar-refractivity contribution >= 4 is 6.09 Å². The van der Waals surface area contributed by atoms with Gasteiger partial charge in [0.05, 0.1) is 6.04 Å². The third-order valence-corrected chi connectivity index (χ3v) is 2.78. The van der Waals surface area contributed by atoms with Crippen LogP contribution in [0.25, 0.3) is 0 Å². The van der Waals surface area contributed by atoms with Crippen LogP contribution < -0.4 is 0 Å². The molecule has 0 radical (unpaired) electrons. The van der Waals surface area contributed by atoms with Crippen LogP contribution in [0.1, 0.15) is 25.3 Å². The molecule has 16 heavy (non-hydrogen) atoms. The lowest BCUT2D eigenvalue weighted by molar-refractivity contribution is 0.122. The zero-order chi connectivity index (χ0) is 11.4. The van der Waals surface area contributed by atoms with Crippen molar-refractivity contribution in [3.8, 4) is 0 Å². The fourth-order valence-electron chi connectivity index (χ4n) is 1.79. The van der Waals surface area contributed by atoms with E-state index in [-0.39, 0.29) is 6.09 Å². The van der Waals surface area contributed by atoms with Crippen LogP contribution in [0.2, 0.25) is 0 Å². The quantitative estimate of drug-likeness (QED) is 0.729. The molecule has 86 valence electrons. The lowest BCUT2D eigenvalue weighted by Crippen LogP contribution is -2.15. The summed E-state index contributed by atoms with van der Waals surface area (Å²) in [5, 5.41) is 0. The molecule has 1 saturated heterocycles. The zero-order valence-corrected chi connectivity index (χ0v) is 9.56. The minimum Gasteiger partial charge on any atom is -0.445 e. The standard InChI is InChI=1S/C13H17NO2/c1-2-6-12-9-14(12)13(15)16-10-11-7-4-3-5-8-11/h3-5,7-8,12H,2,6,9-10H2,1H3/t12-,14?/m1/s1. The molecule has 1 aliphatic heterocycles. The summed E-state index contributed by atoms with van der Waals surface area (Å²) >= 11 is 0. The lowest BCUT2D eigenvalue weighted by atomic mass is 10.2. The van der Waals surface area contributed by atoms with E-state index < -0.39 is 0 Å². The summed E-state index contributed by atoms with van der Waals surface area (Å²) in [6.45, 7) is 3.36. The third-order valence-electron chi connectivity index (χ3n) is 2.78. The van der Waals surface area contributed by atoms with Gasteiger partial charge in [-0.15, -0.1) is 0 Å². The number of nitrogens with zero attached hydrogens (tertiary/aromatic N) is 1. The summed E-state index contributed by atoms with van der Waals surface area (Å²) in [7, 11) is 0. The van der Waals surface area contributed by atoms with E-state index in [2.05, 4.69) is 6.92 Å². The maximum atomic E-state index is 11.6. The summed E-state index contributed by atoms with van der Waals surface area (Å²) < 4.78 is 5.22. The molecule has 0 spiro atoms. The van der Waals surface area contributed by atoms with Crippen LogP contribution >= 0.6 is 0 Å². The predicted octanol–water partition coefficient (Wildman–Crippen LogP) is 2.81. The second-order valence-electron chi connectivity index (χ2n) is 4.14. The zero-order valence-electron chi connectivity index (χ0n) is 9.56. The second-order valence-corrected chi connectivity index (χ2v) is 4.14. The molecular weight excluding hydrogens is 202 g/mol. The first-order valence-corrected chi connectivity index (χ1v) is 5.78. The van der Waals surface area contributed by atoms with Gasteiger partial charge in [0.2, 0.25) is 0 Å². The van der Waals surface area contributed by atoms with E-state index >= 15 is 0 Å². The Balaban J connectivity index is 1.73. The smallest absolute Gasteiger partial charge is 0.410 e. The number of carbonyl (C=O) groups is 1. The number of hydrogen-bond acceptors (Lipinski definition) is 2. The molecule has 1 atom stereocenters. The number of amides is 1. The van der Waals surface area contributed by atoms with Crippen molar-refractivity contribution in [3.63, 3.8) is 0 Å². The average Bonchev–Trinajstić information content (AvgIpc) is 3.07. The average molecular weight is 219 g/mol. The summed E-state index contributed by atoms with van der Waals surface area (Å²) in [5.74, 6) is 0. The van der Waals surface area contributed by atoms with Gasteiger partial charge in [-0.05, 0) is 12.0 Å². The van der Waals surface area contributed by atoms with Crippen molar-refractivity contribution in [2.24, 2.45) is 0 Å². The highest BCUT2D eigenvalue weighted by Gasteiger charge is 2.38. The molecule has 0 aromatic heterocycles. The van der Waals surface area contributed by atoms with Crippen molar-refractivity contribution < 1.29 is 9.53 Å². The first kappa shape index (κ1) is 11.0. The van der Waals surface area contributed by atoms with Crippen LogP contribution in [0.3, 0.4) is 0 Å². The topological polar surface area (TPSA) is 29.3 Å². The van der Waals surface area contributed by atoms with Crippen LogP contribution in [-0.4, -0.2) is 23.6 Å². The fourth-order valence-corrected chi connectivity index (χ4v) is 1.79. The molecule has 3 heteroatoms. The van der Waals surface area contributed by atoms with Crippen LogP contribution in [0.15, 0.2) is 30.3 Å². The van der Waals surface area contributed by atoms with Gasteiger partial charge in [-0.1, -0.05) is 43.7 Å². The highest BCUT2D eigenvalue weighted by molar-refractivity contribution is 5.71. The monoisotopic (exact) mass is 219 g/mol. The van der Waals surface area contributed by atoms with Gasteiger partial charge in [0, 0.05) is 6.54 Å². The normalized spacial score (nSPS) is 18.3. The Hall–Kier alpha value is -1.51. The van der Waals surface area contributed by atoms with Gasteiger partial charge in [0.1, 0.15) is 6.61 Å². The summed E-state index contributed by atoms with van der Waals surface area (Å²) in [6, 6.07) is 10.2. The van der Waals surface area contributed by atoms with Crippen LogP contribution in [0, 0.1) is 0 Å².